The van der Waals surface area contributed by atoms with E-state index < -0.39 is 10.0 Å². The first-order valence-electron chi connectivity index (χ1n) is 10.3. The SMILES string of the molecule is C=CCN(c1ccc(OC)cc1)S(=O)(=O)c1ccc(Cl)c(C(=O)N2CCc3ccccc32)c1. The molecule has 33 heavy (non-hydrogen) atoms. The van der Waals surface area contributed by atoms with Gasteiger partial charge in [0, 0.05) is 12.2 Å². The fraction of sp³-hybridized carbons (Fsp3) is 0.160. The van der Waals surface area contributed by atoms with Crippen molar-refractivity contribution >= 4 is 38.9 Å². The van der Waals surface area contributed by atoms with Crippen molar-refractivity contribution in [3.05, 3.63) is 95.5 Å². The summed E-state index contributed by atoms with van der Waals surface area (Å²) in [5, 5.41) is 0.197. The number of hydrogen-bond donors (Lipinski definition) is 0. The lowest BCUT2D eigenvalue weighted by Crippen LogP contribution is -2.32. The van der Waals surface area contributed by atoms with Gasteiger partial charge in [0.05, 0.1) is 34.8 Å². The molecule has 0 unspecified atom stereocenters. The highest BCUT2D eigenvalue weighted by Crippen LogP contribution is 2.32. The van der Waals surface area contributed by atoms with Crippen molar-refractivity contribution in [2.75, 3.05) is 29.4 Å². The molecule has 1 aliphatic rings. The number of fused-ring (bicyclic) bond motifs is 1. The molecule has 170 valence electrons. The summed E-state index contributed by atoms with van der Waals surface area (Å²) < 4.78 is 33.5. The Bertz CT molecular complexity index is 1310. The third kappa shape index (κ3) is 4.34. The first kappa shape index (κ1) is 22.9. The van der Waals surface area contributed by atoms with Crippen LogP contribution in [0.25, 0.3) is 0 Å². The summed E-state index contributed by atoms with van der Waals surface area (Å²) in [6, 6.07) is 18.5. The lowest BCUT2D eigenvalue weighted by molar-refractivity contribution is 0.0989. The number of para-hydroxylation sites is 1. The molecule has 1 heterocycles. The maximum absolute atomic E-state index is 13.6. The second kappa shape index (κ2) is 9.29. The highest BCUT2D eigenvalue weighted by atomic mass is 35.5. The predicted molar refractivity (Wildman–Crippen MR) is 131 cm³/mol. The van der Waals surface area contributed by atoms with Gasteiger partial charge in [-0.3, -0.25) is 9.10 Å². The highest BCUT2D eigenvalue weighted by molar-refractivity contribution is 7.92. The maximum Gasteiger partial charge on any atom is 0.264 e. The van der Waals surface area contributed by atoms with Gasteiger partial charge in [0.1, 0.15) is 5.75 Å². The van der Waals surface area contributed by atoms with Gasteiger partial charge < -0.3 is 9.64 Å². The van der Waals surface area contributed by atoms with E-state index in [0.717, 1.165) is 17.7 Å². The van der Waals surface area contributed by atoms with Crippen LogP contribution < -0.4 is 13.9 Å². The zero-order chi connectivity index (χ0) is 23.6. The van der Waals surface area contributed by atoms with Crippen molar-refractivity contribution in [1.29, 1.82) is 0 Å². The van der Waals surface area contributed by atoms with Crippen LogP contribution in [0.3, 0.4) is 0 Å². The number of sulfonamides is 1. The zero-order valence-electron chi connectivity index (χ0n) is 18.1. The predicted octanol–water partition coefficient (Wildman–Crippen LogP) is 4.93. The lowest BCUT2D eigenvalue weighted by Gasteiger charge is -2.24. The standard InChI is InChI=1S/C25H23ClN2O4S/c1-3-15-28(19-8-10-20(32-2)11-9-19)33(30,31)21-12-13-23(26)22(17-21)25(29)27-16-14-18-6-4-5-7-24(18)27/h3-13,17H,1,14-16H2,2H3. The fourth-order valence-electron chi connectivity index (χ4n) is 3.86. The van der Waals surface area contributed by atoms with Gasteiger partial charge >= 0.3 is 0 Å². The van der Waals surface area contributed by atoms with Gasteiger partial charge in [-0.05, 0) is 60.5 Å². The number of amides is 1. The summed E-state index contributed by atoms with van der Waals surface area (Å²) >= 11 is 6.35. The zero-order valence-corrected chi connectivity index (χ0v) is 19.6. The number of methoxy groups -OCH3 is 1. The molecule has 3 aromatic carbocycles. The Kier molecular flexibility index (Phi) is 6.44. The van der Waals surface area contributed by atoms with Gasteiger partial charge in [0.2, 0.25) is 0 Å². The highest BCUT2D eigenvalue weighted by Gasteiger charge is 2.30. The van der Waals surface area contributed by atoms with Crippen molar-refractivity contribution in [2.45, 2.75) is 11.3 Å². The van der Waals surface area contributed by atoms with Crippen molar-refractivity contribution in [2.24, 2.45) is 0 Å². The Hall–Kier alpha value is -3.29. The van der Waals surface area contributed by atoms with Gasteiger partial charge in [-0.25, -0.2) is 8.42 Å². The summed E-state index contributed by atoms with van der Waals surface area (Å²) in [6.07, 6.45) is 2.24. The molecule has 1 amide bonds. The van der Waals surface area contributed by atoms with Crippen LogP contribution in [0.15, 0.2) is 84.3 Å². The number of ether oxygens (including phenoxy) is 1. The van der Waals surface area contributed by atoms with Crippen LogP contribution in [0.1, 0.15) is 15.9 Å². The van der Waals surface area contributed by atoms with Crippen molar-refractivity contribution in [3.8, 4) is 5.75 Å². The molecule has 0 atom stereocenters. The summed E-state index contributed by atoms with van der Waals surface area (Å²) in [7, 11) is -2.46. The van der Waals surface area contributed by atoms with Gasteiger partial charge in [-0.15, -0.1) is 6.58 Å². The molecular formula is C25H23ClN2O4S. The van der Waals surface area contributed by atoms with E-state index in [0.29, 0.717) is 18.0 Å². The molecule has 3 aromatic rings. The molecule has 0 N–H and O–H groups in total. The number of carbonyl (C=O) groups excluding carboxylic acids is 1. The maximum atomic E-state index is 13.6. The van der Waals surface area contributed by atoms with Gasteiger partial charge in [-0.1, -0.05) is 35.9 Å². The van der Waals surface area contributed by atoms with Crippen LogP contribution in [-0.2, 0) is 16.4 Å². The van der Waals surface area contributed by atoms with Crippen LogP contribution in [-0.4, -0.2) is 34.5 Å². The summed E-state index contributed by atoms with van der Waals surface area (Å²) in [4.78, 5) is 15.0. The van der Waals surface area contributed by atoms with Gasteiger partial charge in [0.25, 0.3) is 15.9 Å². The Labute approximate surface area is 198 Å². The van der Waals surface area contributed by atoms with Crippen molar-refractivity contribution in [3.63, 3.8) is 0 Å². The number of carbonyl (C=O) groups is 1. The van der Waals surface area contributed by atoms with E-state index >= 15 is 0 Å². The van der Waals surface area contributed by atoms with Crippen LogP contribution in [0.4, 0.5) is 11.4 Å². The Balaban J connectivity index is 1.72. The topological polar surface area (TPSA) is 66.9 Å². The minimum Gasteiger partial charge on any atom is -0.497 e. The second-order valence-corrected chi connectivity index (χ2v) is 9.77. The molecule has 0 radical (unpaired) electrons. The Morgan fingerprint density at radius 1 is 1.15 bits per heavy atom. The number of nitrogens with zero attached hydrogens (tertiary/aromatic N) is 2. The number of rotatable bonds is 7. The number of halogens is 1. The van der Waals surface area contributed by atoms with Gasteiger partial charge in [-0.2, -0.15) is 0 Å². The number of hydrogen-bond acceptors (Lipinski definition) is 4. The van der Waals surface area contributed by atoms with E-state index in [4.69, 9.17) is 16.3 Å². The average Bonchev–Trinajstić information content (AvgIpc) is 3.26. The molecule has 0 aromatic heterocycles. The minimum absolute atomic E-state index is 0.0274. The fourth-order valence-corrected chi connectivity index (χ4v) is 5.52. The monoisotopic (exact) mass is 482 g/mol. The number of benzene rings is 3. The molecule has 0 saturated carbocycles. The minimum atomic E-state index is -4.00. The molecule has 6 nitrogen and oxygen atoms in total. The quantitative estimate of drug-likeness (QED) is 0.448. The largest absolute Gasteiger partial charge is 0.497 e. The first-order chi connectivity index (χ1) is 15.9. The summed E-state index contributed by atoms with van der Waals surface area (Å²) in [5.74, 6) is 0.279. The van der Waals surface area contributed by atoms with E-state index in [1.165, 1.54) is 35.7 Å². The molecule has 0 spiro atoms. The van der Waals surface area contributed by atoms with E-state index in [-0.39, 0.29) is 27.9 Å². The summed E-state index contributed by atoms with van der Waals surface area (Å²) in [6.45, 7) is 4.26. The van der Waals surface area contributed by atoms with Gasteiger partial charge in [0.15, 0.2) is 0 Å². The lowest BCUT2D eigenvalue weighted by atomic mass is 10.1. The molecular weight excluding hydrogens is 460 g/mol. The van der Waals surface area contributed by atoms with Crippen LogP contribution >= 0.6 is 11.6 Å². The molecule has 8 heteroatoms. The molecule has 0 bridgehead atoms. The van der Waals surface area contributed by atoms with Crippen LogP contribution in [0.2, 0.25) is 5.02 Å². The Morgan fingerprint density at radius 3 is 2.58 bits per heavy atom. The average molecular weight is 483 g/mol. The van der Waals surface area contributed by atoms with Crippen molar-refractivity contribution < 1.29 is 17.9 Å². The second-order valence-electron chi connectivity index (χ2n) is 7.50. The van der Waals surface area contributed by atoms with E-state index in [2.05, 4.69) is 6.58 Å². The van der Waals surface area contributed by atoms with E-state index in [1.807, 2.05) is 24.3 Å². The van der Waals surface area contributed by atoms with Crippen molar-refractivity contribution in [1.82, 2.24) is 0 Å². The third-order valence-corrected chi connectivity index (χ3v) is 7.66. The van der Waals surface area contributed by atoms with E-state index in [9.17, 15) is 13.2 Å². The number of anilines is 2. The summed E-state index contributed by atoms with van der Waals surface area (Å²) in [5.41, 5.74) is 2.48. The Morgan fingerprint density at radius 2 is 1.88 bits per heavy atom. The normalized spacial score (nSPS) is 12.8. The molecule has 0 saturated heterocycles. The third-order valence-electron chi connectivity index (χ3n) is 5.54. The first-order valence-corrected chi connectivity index (χ1v) is 12.2. The van der Waals surface area contributed by atoms with Crippen LogP contribution in [0, 0.1) is 0 Å². The van der Waals surface area contributed by atoms with E-state index in [1.54, 1.807) is 29.2 Å². The smallest absolute Gasteiger partial charge is 0.264 e. The molecule has 1 aliphatic heterocycles. The molecule has 4 rings (SSSR count). The van der Waals surface area contributed by atoms with Crippen LogP contribution in [0.5, 0.6) is 5.75 Å². The molecule has 0 fully saturated rings. The molecule has 0 aliphatic carbocycles.